The second-order valence-electron chi connectivity index (χ2n) is 4.83. The van der Waals surface area contributed by atoms with E-state index in [0.717, 1.165) is 37.1 Å². The second-order valence-corrected chi connectivity index (χ2v) is 6.05. The summed E-state index contributed by atoms with van der Waals surface area (Å²) in [5, 5.41) is 13.0. The van der Waals surface area contributed by atoms with Gasteiger partial charge in [0.15, 0.2) is 5.17 Å². The van der Waals surface area contributed by atoms with Crippen molar-refractivity contribution in [3.05, 3.63) is 12.4 Å². The van der Waals surface area contributed by atoms with E-state index in [-0.39, 0.29) is 0 Å². The number of rotatable bonds is 7. The molecular formula is C13H23N5S. The van der Waals surface area contributed by atoms with Crippen LogP contribution in [0.4, 0.5) is 0 Å². The molecule has 0 saturated heterocycles. The predicted octanol–water partition coefficient (Wildman–Crippen LogP) is 2.17. The zero-order valence-corrected chi connectivity index (χ0v) is 12.6. The highest BCUT2D eigenvalue weighted by Gasteiger charge is 2.25. The molecule has 1 unspecified atom stereocenters. The molecule has 2 heterocycles. The third-order valence-corrected chi connectivity index (χ3v) is 4.90. The van der Waals surface area contributed by atoms with Gasteiger partial charge < -0.3 is 5.32 Å². The molecule has 0 amide bonds. The van der Waals surface area contributed by atoms with E-state index in [1.54, 1.807) is 6.20 Å². The van der Waals surface area contributed by atoms with Crippen molar-refractivity contribution in [2.45, 2.75) is 44.9 Å². The minimum Gasteiger partial charge on any atom is -0.365 e. The van der Waals surface area contributed by atoms with Crippen molar-refractivity contribution in [3.8, 4) is 0 Å². The van der Waals surface area contributed by atoms with E-state index < -0.39 is 0 Å². The summed E-state index contributed by atoms with van der Waals surface area (Å²) < 4.78 is 1.86. The molecule has 0 bridgehead atoms. The van der Waals surface area contributed by atoms with Crippen LogP contribution in [0, 0.1) is 5.92 Å². The van der Waals surface area contributed by atoms with Crippen LogP contribution in [0.5, 0.6) is 0 Å². The first-order valence-electron chi connectivity index (χ1n) is 7.12. The molecule has 0 spiro atoms. The standard InChI is InChI=1S/C13H23N5S/c1-3-11(4-2)12-10-15-13(19-12)14-6-5-8-18-9-7-16-17-18/h7,9,11-12H,3-6,8,10H2,1-2H3,(H,14,15). The second kappa shape index (κ2) is 7.53. The third kappa shape index (κ3) is 4.23. The van der Waals surface area contributed by atoms with E-state index in [2.05, 4.69) is 34.5 Å². The average Bonchev–Trinajstić information content (AvgIpc) is 3.08. The molecule has 1 N–H and O–H groups in total. The van der Waals surface area contributed by atoms with E-state index in [4.69, 9.17) is 0 Å². The maximum atomic E-state index is 4.60. The summed E-state index contributed by atoms with van der Waals surface area (Å²) in [6.45, 7) is 7.38. The van der Waals surface area contributed by atoms with Gasteiger partial charge in [-0.25, -0.2) is 0 Å². The molecule has 1 aliphatic rings. The van der Waals surface area contributed by atoms with E-state index in [9.17, 15) is 0 Å². The average molecular weight is 281 g/mol. The Kier molecular flexibility index (Phi) is 5.69. The molecule has 0 radical (unpaired) electrons. The number of thioether (sulfide) groups is 1. The van der Waals surface area contributed by atoms with Gasteiger partial charge in [-0.15, -0.1) is 5.10 Å². The van der Waals surface area contributed by atoms with Crippen molar-refractivity contribution < 1.29 is 0 Å². The van der Waals surface area contributed by atoms with E-state index in [0.29, 0.717) is 5.25 Å². The fourth-order valence-corrected chi connectivity index (χ4v) is 3.68. The summed E-state index contributed by atoms with van der Waals surface area (Å²) in [6, 6.07) is 0. The molecule has 0 saturated carbocycles. The minimum absolute atomic E-state index is 0.674. The quantitative estimate of drug-likeness (QED) is 0.778. The number of aromatic nitrogens is 3. The molecule has 1 aliphatic heterocycles. The van der Waals surface area contributed by atoms with E-state index in [1.807, 2.05) is 22.6 Å². The first kappa shape index (κ1) is 14.4. The van der Waals surface area contributed by atoms with E-state index in [1.165, 1.54) is 12.8 Å². The lowest BCUT2D eigenvalue weighted by Gasteiger charge is -2.18. The van der Waals surface area contributed by atoms with Crippen LogP contribution in [0.3, 0.4) is 0 Å². The maximum Gasteiger partial charge on any atom is 0.156 e. The molecule has 0 aromatic carbocycles. The Morgan fingerprint density at radius 2 is 2.32 bits per heavy atom. The summed E-state index contributed by atoms with van der Waals surface area (Å²) in [4.78, 5) is 4.60. The van der Waals surface area contributed by atoms with Gasteiger partial charge in [0.25, 0.3) is 0 Å². The number of aliphatic imine (C=N–C) groups is 1. The summed E-state index contributed by atoms with van der Waals surface area (Å²) in [5.41, 5.74) is 0. The van der Waals surface area contributed by atoms with Crippen LogP contribution < -0.4 is 5.32 Å². The Hall–Kier alpha value is -1.04. The van der Waals surface area contributed by atoms with Crippen molar-refractivity contribution in [2.24, 2.45) is 10.9 Å². The zero-order chi connectivity index (χ0) is 13.5. The molecule has 6 heteroatoms. The van der Waals surface area contributed by atoms with Crippen LogP contribution >= 0.6 is 11.8 Å². The molecular weight excluding hydrogens is 258 g/mol. The Balaban J connectivity index is 1.62. The topological polar surface area (TPSA) is 55.1 Å². The molecule has 1 aromatic rings. The first-order chi connectivity index (χ1) is 9.33. The van der Waals surface area contributed by atoms with Gasteiger partial charge in [0.2, 0.25) is 0 Å². The zero-order valence-electron chi connectivity index (χ0n) is 11.7. The summed E-state index contributed by atoms with van der Waals surface area (Å²) in [7, 11) is 0. The van der Waals surface area contributed by atoms with Crippen molar-refractivity contribution in [1.82, 2.24) is 20.3 Å². The lowest BCUT2D eigenvalue weighted by molar-refractivity contribution is 0.479. The van der Waals surface area contributed by atoms with E-state index >= 15 is 0 Å². The molecule has 19 heavy (non-hydrogen) atoms. The molecule has 1 aromatic heterocycles. The van der Waals surface area contributed by atoms with Gasteiger partial charge in [-0.1, -0.05) is 43.7 Å². The highest BCUT2D eigenvalue weighted by Crippen LogP contribution is 2.30. The normalized spacial score (nSPS) is 18.9. The lowest BCUT2D eigenvalue weighted by atomic mass is 9.99. The third-order valence-electron chi connectivity index (χ3n) is 3.56. The number of aryl methyl sites for hydroxylation is 1. The monoisotopic (exact) mass is 281 g/mol. The van der Waals surface area contributed by atoms with Crippen molar-refractivity contribution in [1.29, 1.82) is 0 Å². The van der Waals surface area contributed by atoms with Gasteiger partial charge in [0, 0.05) is 24.5 Å². The highest BCUT2D eigenvalue weighted by atomic mass is 32.2. The fourth-order valence-electron chi connectivity index (χ4n) is 2.34. The summed E-state index contributed by atoms with van der Waals surface area (Å²) in [6.07, 6.45) is 7.15. The van der Waals surface area contributed by atoms with Crippen molar-refractivity contribution in [2.75, 3.05) is 13.1 Å². The van der Waals surface area contributed by atoms with Crippen molar-refractivity contribution in [3.63, 3.8) is 0 Å². The Labute approximate surface area is 119 Å². The van der Waals surface area contributed by atoms with Crippen LogP contribution in [0.25, 0.3) is 0 Å². The molecule has 0 fully saturated rings. The van der Waals surface area contributed by atoms with Gasteiger partial charge >= 0.3 is 0 Å². The Morgan fingerprint density at radius 3 is 3.00 bits per heavy atom. The summed E-state index contributed by atoms with van der Waals surface area (Å²) >= 11 is 1.92. The van der Waals surface area contributed by atoms with Gasteiger partial charge in [-0.05, 0) is 12.3 Å². The largest absolute Gasteiger partial charge is 0.365 e. The Morgan fingerprint density at radius 1 is 1.47 bits per heavy atom. The summed E-state index contributed by atoms with van der Waals surface area (Å²) in [5.74, 6) is 0.795. The van der Waals surface area contributed by atoms with Crippen molar-refractivity contribution >= 4 is 16.9 Å². The number of nitrogens with zero attached hydrogens (tertiary/aromatic N) is 4. The van der Waals surface area contributed by atoms with Crippen LogP contribution in [0.1, 0.15) is 33.1 Å². The minimum atomic E-state index is 0.674. The van der Waals surface area contributed by atoms with Crippen LogP contribution in [0.15, 0.2) is 17.4 Å². The number of nitrogens with one attached hydrogen (secondary N) is 1. The maximum absolute atomic E-state index is 4.60. The lowest BCUT2D eigenvalue weighted by Crippen LogP contribution is -2.23. The predicted molar refractivity (Wildman–Crippen MR) is 80.4 cm³/mol. The van der Waals surface area contributed by atoms with Gasteiger partial charge in [0.05, 0.1) is 12.7 Å². The number of hydrogen-bond donors (Lipinski definition) is 1. The molecule has 5 nitrogen and oxygen atoms in total. The van der Waals surface area contributed by atoms with Gasteiger partial charge in [-0.3, -0.25) is 9.67 Å². The molecule has 0 aliphatic carbocycles. The molecule has 106 valence electrons. The molecule has 2 rings (SSSR count). The number of amidine groups is 1. The smallest absolute Gasteiger partial charge is 0.156 e. The molecule has 1 atom stereocenters. The van der Waals surface area contributed by atoms with Gasteiger partial charge in [-0.2, -0.15) is 0 Å². The number of hydrogen-bond acceptors (Lipinski definition) is 5. The van der Waals surface area contributed by atoms with Gasteiger partial charge in [0.1, 0.15) is 0 Å². The highest BCUT2D eigenvalue weighted by molar-refractivity contribution is 8.14. The van der Waals surface area contributed by atoms with Crippen LogP contribution in [-0.4, -0.2) is 38.5 Å². The van der Waals surface area contributed by atoms with Crippen LogP contribution in [-0.2, 0) is 6.54 Å². The Bertz CT molecular complexity index is 386. The first-order valence-corrected chi connectivity index (χ1v) is 8.00. The SMILES string of the molecule is CCC(CC)C1CN=C(NCCCn2ccnn2)S1. The van der Waals surface area contributed by atoms with Crippen LogP contribution in [0.2, 0.25) is 0 Å². The fraction of sp³-hybridized carbons (Fsp3) is 0.769.